The van der Waals surface area contributed by atoms with E-state index in [9.17, 15) is 4.79 Å². The lowest BCUT2D eigenvalue weighted by atomic mass is 10.3. The fourth-order valence-corrected chi connectivity index (χ4v) is 3.69. The van der Waals surface area contributed by atoms with Gasteiger partial charge in [-0.05, 0) is 45.3 Å². The number of hydrogen-bond donors (Lipinski definition) is 1. The van der Waals surface area contributed by atoms with Gasteiger partial charge in [0, 0.05) is 9.37 Å². The van der Waals surface area contributed by atoms with Crippen LogP contribution in [0.15, 0.2) is 45.1 Å². The molecule has 2 rings (SSSR count). The number of para-hydroxylation sites is 1. The highest BCUT2D eigenvalue weighted by Gasteiger charge is 2.13. The average molecular weight is 342 g/mol. The topological polar surface area (TPSA) is 29.1 Å². The van der Waals surface area contributed by atoms with Crippen molar-refractivity contribution >= 4 is 50.6 Å². The monoisotopic (exact) mass is 341 g/mol. The Balaban J connectivity index is 2.19. The molecule has 2 aromatic rings. The number of halogens is 1. The SMILES string of the molecule is CCSc1ccccc1NC(=O)c1sccc1Br. The summed E-state index contributed by atoms with van der Waals surface area (Å²) in [5, 5.41) is 4.85. The zero-order chi connectivity index (χ0) is 13.0. The summed E-state index contributed by atoms with van der Waals surface area (Å²) in [5.74, 6) is 0.913. The van der Waals surface area contributed by atoms with Crippen molar-refractivity contribution in [3.05, 3.63) is 45.1 Å². The van der Waals surface area contributed by atoms with Crippen molar-refractivity contribution in [1.29, 1.82) is 0 Å². The van der Waals surface area contributed by atoms with Gasteiger partial charge in [0.25, 0.3) is 5.91 Å². The average Bonchev–Trinajstić information content (AvgIpc) is 2.78. The third kappa shape index (κ3) is 3.16. The van der Waals surface area contributed by atoms with Gasteiger partial charge < -0.3 is 5.32 Å². The fraction of sp³-hybridized carbons (Fsp3) is 0.154. The van der Waals surface area contributed by atoms with Crippen LogP contribution in [-0.2, 0) is 0 Å². The Morgan fingerprint density at radius 1 is 1.39 bits per heavy atom. The zero-order valence-corrected chi connectivity index (χ0v) is 13.0. The van der Waals surface area contributed by atoms with Crippen LogP contribution in [0.1, 0.15) is 16.6 Å². The van der Waals surface area contributed by atoms with E-state index in [0.717, 1.165) is 20.8 Å². The number of benzene rings is 1. The summed E-state index contributed by atoms with van der Waals surface area (Å²) in [6.07, 6.45) is 0. The lowest BCUT2D eigenvalue weighted by molar-refractivity contribution is 0.102. The molecule has 0 spiro atoms. The molecule has 1 aromatic heterocycles. The lowest BCUT2D eigenvalue weighted by Crippen LogP contribution is -2.11. The second kappa shape index (κ2) is 6.41. The molecule has 18 heavy (non-hydrogen) atoms. The van der Waals surface area contributed by atoms with Crippen molar-refractivity contribution in [2.45, 2.75) is 11.8 Å². The minimum absolute atomic E-state index is 0.0685. The standard InChI is InChI=1S/C13H12BrNOS2/c1-2-17-11-6-4-3-5-10(11)15-13(16)12-9(14)7-8-18-12/h3-8H,2H2,1H3,(H,15,16). The van der Waals surface area contributed by atoms with E-state index in [1.165, 1.54) is 11.3 Å². The second-order valence-electron chi connectivity index (χ2n) is 3.48. The summed E-state index contributed by atoms with van der Waals surface area (Å²) in [4.78, 5) is 13.9. The van der Waals surface area contributed by atoms with Gasteiger partial charge in [0.05, 0.1) is 5.69 Å². The van der Waals surface area contributed by atoms with E-state index in [1.807, 2.05) is 35.7 Å². The first-order valence-corrected chi connectivity index (χ1v) is 8.14. The highest BCUT2D eigenvalue weighted by Crippen LogP contribution is 2.29. The van der Waals surface area contributed by atoms with Gasteiger partial charge in [-0.1, -0.05) is 19.1 Å². The van der Waals surface area contributed by atoms with Gasteiger partial charge in [-0.2, -0.15) is 0 Å². The van der Waals surface area contributed by atoms with Crippen LogP contribution in [-0.4, -0.2) is 11.7 Å². The van der Waals surface area contributed by atoms with Crippen LogP contribution in [0.3, 0.4) is 0 Å². The first kappa shape index (κ1) is 13.6. The molecule has 0 saturated heterocycles. The highest BCUT2D eigenvalue weighted by molar-refractivity contribution is 9.10. The van der Waals surface area contributed by atoms with E-state index in [2.05, 4.69) is 28.2 Å². The molecule has 5 heteroatoms. The molecule has 0 bridgehead atoms. The van der Waals surface area contributed by atoms with E-state index in [-0.39, 0.29) is 5.91 Å². The quantitative estimate of drug-likeness (QED) is 0.803. The van der Waals surface area contributed by atoms with Crippen molar-refractivity contribution < 1.29 is 4.79 Å². The molecule has 0 radical (unpaired) electrons. The molecule has 0 aliphatic rings. The molecule has 0 aliphatic carbocycles. The molecular formula is C13H12BrNOS2. The molecule has 0 saturated carbocycles. The third-order valence-corrected chi connectivity index (χ3v) is 5.05. The highest BCUT2D eigenvalue weighted by atomic mass is 79.9. The Labute approximate surface area is 123 Å². The smallest absolute Gasteiger partial charge is 0.266 e. The molecular weight excluding hydrogens is 330 g/mol. The number of thiophene rings is 1. The van der Waals surface area contributed by atoms with Crippen LogP contribution in [0.25, 0.3) is 0 Å². The van der Waals surface area contributed by atoms with E-state index < -0.39 is 0 Å². The van der Waals surface area contributed by atoms with Crippen molar-refractivity contribution in [3.8, 4) is 0 Å². The Bertz CT molecular complexity index is 553. The molecule has 1 heterocycles. The number of anilines is 1. The lowest BCUT2D eigenvalue weighted by Gasteiger charge is -2.09. The van der Waals surface area contributed by atoms with Gasteiger partial charge in [-0.25, -0.2) is 0 Å². The minimum atomic E-state index is -0.0685. The molecule has 1 amide bonds. The normalized spacial score (nSPS) is 10.3. The van der Waals surface area contributed by atoms with Crippen LogP contribution in [0.4, 0.5) is 5.69 Å². The van der Waals surface area contributed by atoms with Crippen molar-refractivity contribution in [2.24, 2.45) is 0 Å². The summed E-state index contributed by atoms with van der Waals surface area (Å²) < 4.78 is 0.839. The third-order valence-electron chi connectivity index (χ3n) is 2.26. The Morgan fingerprint density at radius 2 is 2.17 bits per heavy atom. The summed E-state index contributed by atoms with van der Waals surface area (Å²) in [6, 6.07) is 9.74. The van der Waals surface area contributed by atoms with Crippen molar-refractivity contribution in [3.63, 3.8) is 0 Å². The maximum Gasteiger partial charge on any atom is 0.266 e. The van der Waals surface area contributed by atoms with Gasteiger partial charge in [0.2, 0.25) is 0 Å². The van der Waals surface area contributed by atoms with Crippen LogP contribution in [0.5, 0.6) is 0 Å². The molecule has 0 fully saturated rings. The maximum absolute atomic E-state index is 12.1. The molecule has 94 valence electrons. The zero-order valence-electron chi connectivity index (χ0n) is 9.77. The predicted octanol–water partition coefficient (Wildman–Crippen LogP) is 4.87. The number of carbonyl (C=O) groups excluding carboxylic acids is 1. The molecule has 0 atom stereocenters. The number of thioether (sulfide) groups is 1. The number of hydrogen-bond acceptors (Lipinski definition) is 3. The molecule has 2 nitrogen and oxygen atoms in total. The molecule has 1 N–H and O–H groups in total. The van der Waals surface area contributed by atoms with E-state index >= 15 is 0 Å². The maximum atomic E-state index is 12.1. The molecule has 0 unspecified atom stereocenters. The van der Waals surface area contributed by atoms with Gasteiger partial charge in [0.1, 0.15) is 4.88 Å². The summed E-state index contributed by atoms with van der Waals surface area (Å²) >= 11 is 6.53. The Morgan fingerprint density at radius 3 is 2.83 bits per heavy atom. The van der Waals surface area contributed by atoms with Crippen LogP contribution < -0.4 is 5.32 Å². The van der Waals surface area contributed by atoms with Crippen LogP contribution in [0.2, 0.25) is 0 Å². The fourth-order valence-electron chi connectivity index (χ4n) is 1.49. The van der Waals surface area contributed by atoms with Crippen LogP contribution >= 0.6 is 39.0 Å². The Kier molecular flexibility index (Phi) is 4.86. The number of rotatable bonds is 4. The summed E-state index contributed by atoms with van der Waals surface area (Å²) in [5.41, 5.74) is 0.870. The second-order valence-corrected chi connectivity index (χ2v) is 6.56. The van der Waals surface area contributed by atoms with Crippen LogP contribution in [0, 0.1) is 0 Å². The van der Waals surface area contributed by atoms with Crippen molar-refractivity contribution in [1.82, 2.24) is 0 Å². The van der Waals surface area contributed by atoms with Gasteiger partial charge in [-0.15, -0.1) is 23.1 Å². The van der Waals surface area contributed by atoms with Gasteiger partial charge in [0.15, 0.2) is 0 Å². The van der Waals surface area contributed by atoms with Gasteiger partial charge >= 0.3 is 0 Å². The first-order chi connectivity index (χ1) is 8.72. The number of amides is 1. The van der Waals surface area contributed by atoms with E-state index in [1.54, 1.807) is 11.8 Å². The predicted molar refractivity (Wildman–Crippen MR) is 82.8 cm³/mol. The van der Waals surface area contributed by atoms with E-state index in [4.69, 9.17) is 0 Å². The largest absolute Gasteiger partial charge is 0.320 e. The summed E-state index contributed by atoms with van der Waals surface area (Å²) in [7, 11) is 0. The Hall–Kier alpha value is -0.780. The summed E-state index contributed by atoms with van der Waals surface area (Å²) in [6.45, 7) is 2.10. The van der Waals surface area contributed by atoms with E-state index in [0.29, 0.717) is 4.88 Å². The van der Waals surface area contributed by atoms with Crippen molar-refractivity contribution in [2.75, 3.05) is 11.1 Å². The first-order valence-electron chi connectivity index (χ1n) is 5.48. The number of nitrogens with one attached hydrogen (secondary N) is 1. The molecule has 0 aliphatic heterocycles. The molecule has 1 aromatic carbocycles. The minimum Gasteiger partial charge on any atom is -0.320 e. The van der Waals surface area contributed by atoms with Gasteiger partial charge in [-0.3, -0.25) is 4.79 Å². The number of carbonyl (C=O) groups is 1.